The number of ether oxygens (including phenoxy) is 1. The van der Waals surface area contributed by atoms with Crippen LogP contribution in [0.1, 0.15) is 6.42 Å². The lowest BCUT2D eigenvalue weighted by Crippen LogP contribution is -2.19. The second-order valence-electron chi connectivity index (χ2n) is 2.42. The van der Waals surface area contributed by atoms with Gasteiger partial charge in [-0.25, -0.2) is 4.79 Å². The monoisotopic (exact) mass is 114 g/mol. The lowest BCUT2D eigenvalue weighted by Gasteiger charge is -1.96. The summed E-state index contributed by atoms with van der Waals surface area (Å²) < 4.78 is 4.53. The van der Waals surface area contributed by atoms with Crippen LogP contribution in [-0.4, -0.2) is 23.3 Å². The van der Waals surface area contributed by atoms with Crippen molar-refractivity contribution < 1.29 is 14.6 Å². The molecule has 0 spiro atoms. The minimum Gasteiger partial charge on any atom is -0.463 e. The summed E-state index contributed by atoms with van der Waals surface area (Å²) in [6, 6.07) is 0. The van der Waals surface area contributed by atoms with Gasteiger partial charge in [-0.05, 0) is 6.42 Å². The Balaban J connectivity index is 2.31. The third-order valence-electron chi connectivity index (χ3n) is 1.84. The molecule has 0 aromatic carbocycles. The molecule has 8 heavy (non-hydrogen) atoms. The predicted octanol–water partition coefficient (Wildman–Crippen LogP) is -0.706. The zero-order chi connectivity index (χ0) is 5.78. The highest BCUT2D eigenvalue weighted by Gasteiger charge is 2.65. The Morgan fingerprint density at radius 3 is 2.75 bits per heavy atom. The number of cyclic esters (lactones) is 1. The molecule has 0 bridgehead atoms. The van der Waals surface area contributed by atoms with Gasteiger partial charge in [-0.3, -0.25) is 0 Å². The van der Waals surface area contributed by atoms with Gasteiger partial charge in [0.25, 0.3) is 0 Å². The fraction of sp³-hybridized carbons (Fsp3) is 0.800. The molecule has 2 aliphatic rings. The van der Waals surface area contributed by atoms with E-state index in [2.05, 4.69) is 4.74 Å². The first-order valence-electron chi connectivity index (χ1n) is 2.63. The van der Waals surface area contributed by atoms with E-state index in [1.54, 1.807) is 0 Å². The maximum atomic E-state index is 10.5. The first kappa shape index (κ1) is 4.32. The van der Waals surface area contributed by atoms with E-state index in [1.807, 2.05) is 0 Å². The zero-order valence-electron chi connectivity index (χ0n) is 4.26. The summed E-state index contributed by atoms with van der Waals surface area (Å²) in [4.78, 5) is 10.5. The summed E-state index contributed by atoms with van der Waals surface area (Å²) in [5, 5.41) is 9.06. The van der Waals surface area contributed by atoms with E-state index in [1.165, 1.54) is 0 Å². The van der Waals surface area contributed by atoms with Gasteiger partial charge in [0.05, 0.1) is 6.61 Å². The van der Waals surface area contributed by atoms with E-state index < -0.39 is 11.6 Å². The Labute approximate surface area is 46.3 Å². The van der Waals surface area contributed by atoms with Crippen LogP contribution in [0.4, 0.5) is 0 Å². The van der Waals surface area contributed by atoms with Crippen molar-refractivity contribution in [1.82, 2.24) is 0 Å². The molecule has 0 aromatic heterocycles. The first-order chi connectivity index (χ1) is 3.73. The molecular formula is C5H6O3. The molecule has 1 saturated heterocycles. The maximum absolute atomic E-state index is 10.5. The molecular weight excluding hydrogens is 108 g/mol. The molecule has 44 valence electrons. The number of hydrogen-bond acceptors (Lipinski definition) is 3. The van der Waals surface area contributed by atoms with E-state index in [9.17, 15) is 4.79 Å². The summed E-state index contributed by atoms with van der Waals surface area (Å²) in [6.07, 6.45) is 0.617. The molecule has 1 aliphatic carbocycles. The van der Waals surface area contributed by atoms with Crippen LogP contribution in [0, 0.1) is 5.92 Å². The van der Waals surface area contributed by atoms with Gasteiger partial charge in [-0.15, -0.1) is 0 Å². The van der Waals surface area contributed by atoms with Gasteiger partial charge in [0.1, 0.15) is 0 Å². The zero-order valence-corrected chi connectivity index (χ0v) is 4.26. The maximum Gasteiger partial charge on any atom is 0.338 e. The third kappa shape index (κ3) is 0.282. The number of fused-ring (bicyclic) bond motifs is 1. The molecule has 2 rings (SSSR count). The first-order valence-corrected chi connectivity index (χ1v) is 2.63. The Kier molecular flexibility index (Phi) is 0.492. The van der Waals surface area contributed by atoms with Gasteiger partial charge in [-0.1, -0.05) is 0 Å². The Morgan fingerprint density at radius 1 is 1.88 bits per heavy atom. The average molecular weight is 114 g/mol. The van der Waals surface area contributed by atoms with E-state index in [-0.39, 0.29) is 5.92 Å². The summed E-state index contributed by atoms with van der Waals surface area (Å²) in [5.41, 5.74) is -1.04. The fourth-order valence-corrected chi connectivity index (χ4v) is 1.06. The average Bonchev–Trinajstić information content (AvgIpc) is 2.31. The summed E-state index contributed by atoms with van der Waals surface area (Å²) in [5.74, 6) is -0.308. The third-order valence-corrected chi connectivity index (χ3v) is 1.84. The molecule has 1 aliphatic heterocycles. The van der Waals surface area contributed by atoms with Gasteiger partial charge in [-0.2, -0.15) is 0 Å². The van der Waals surface area contributed by atoms with Gasteiger partial charge in [0.15, 0.2) is 5.60 Å². The van der Waals surface area contributed by atoms with Crippen LogP contribution in [0.2, 0.25) is 0 Å². The van der Waals surface area contributed by atoms with Gasteiger partial charge < -0.3 is 9.84 Å². The fourth-order valence-electron chi connectivity index (χ4n) is 1.06. The van der Waals surface area contributed by atoms with Crippen molar-refractivity contribution in [2.45, 2.75) is 12.0 Å². The highest BCUT2D eigenvalue weighted by Crippen LogP contribution is 2.48. The van der Waals surface area contributed by atoms with Gasteiger partial charge in [0, 0.05) is 5.92 Å². The molecule has 3 heteroatoms. The number of esters is 1. The van der Waals surface area contributed by atoms with Crippen LogP contribution in [0.5, 0.6) is 0 Å². The van der Waals surface area contributed by atoms with Gasteiger partial charge >= 0.3 is 5.97 Å². The second-order valence-corrected chi connectivity index (χ2v) is 2.42. The van der Waals surface area contributed by atoms with Crippen LogP contribution in [0.3, 0.4) is 0 Å². The highest BCUT2D eigenvalue weighted by atomic mass is 16.6. The molecule has 2 fully saturated rings. The molecule has 1 N–H and O–H groups in total. The number of carbonyl (C=O) groups is 1. The quantitative estimate of drug-likeness (QED) is 0.423. The van der Waals surface area contributed by atoms with Crippen molar-refractivity contribution in [3.8, 4) is 0 Å². The molecule has 0 radical (unpaired) electrons. The largest absolute Gasteiger partial charge is 0.463 e. The van der Waals surface area contributed by atoms with Crippen molar-refractivity contribution in [1.29, 1.82) is 0 Å². The molecule has 3 nitrogen and oxygen atoms in total. The Hall–Kier alpha value is -0.570. The lowest BCUT2D eigenvalue weighted by atomic mass is 10.3. The number of aliphatic hydroxyl groups is 1. The number of rotatable bonds is 0. The molecule has 2 atom stereocenters. The van der Waals surface area contributed by atoms with Crippen LogP contribution >= 0.6 is 0 Å². The van der Waals surface area contributed by atoms with Crippen molar-refractivity contribution in [3.63, 3.8) is 0 Å². The number of hydrogen-bond donors (Lipinski definition) is 1. The van der Waals surface area contributed by atoms with Crippen LogP contribution in [0.25, 0.3) is 0 Å². The smallest absolute Gasteiger partial charge is 0.338 e. The van der Waals surface area contributed by atoms with E-state index in [4.69, 9.17) is 5.11 Å². The van der Waals surface area contributed by atoms with Crippen LogP contribution in [0.15, 0.2) is 0 Å². The molecule has 1 unspecified atom stereocenters. The topological polar surface area (TPSA) is 46.5 Å². The van der Waals surface area contributed by atoms with Gasteiger partial charge in [0.2, 0.25) is 0 Å². The van der Waals surface area contributed by atoms with Crippen molar-refractivity contribution >= 4 is 5.97 Å². The minimum atomic E-state index is -1.04. The van der Waals surface area contributed by atoms with E-state index in [0.717, 1.165) is 0 Å². The molecule has 1 heterocycles. The number of carbonyl (C=O) groups excluding carboxylic acids is 1. The van der Waals surface area contributed by atoms with E-state index >= 15 is 0 Å². The Bertz CT molecular complexity index is 152. The van der Waals surface area contributed by atoms with Crippen molar-refractivity contribution in [2.24, 2.45) is 5.92 Å². The SMILES string of the molecule is O=C1OCC2C[C@@]12O. The second kappa shape index (κ2) is 0.910. The van der Waals surface area contributed by atoms with Crippen molar-refractivity contribution in [2.75, 3.05) is 6.61 Å². The Morgan fingerprint density at radius 2 is 2.62 bits per heavy atom. The predicted molar refractivity (Wildman–Crippen MR) is 24.0 cm³/mol. The summed E-state index contributed by atoms with van der Waals surface area (Å²) >= 11 is 0. The molecule has 0 aromatic rings. The summed E-state index contributed by atoms with van der Waals surface area (Å²) in [7, 11) is 0. The molecule has 1 saturated carbocycles. The van der Waals surface area contributed by atoms with Crippen molar-refractivity contribution in [3.05, 3.63) is 0 Å². The van der Waals surface area contributed by atoms with E-state index in [0.29, 0.717) is 13.0 Å². The lowest BCUT2D eigenvalue weighted by molar-refractivity contribution is -0.149. The standard InChI is InChI=1S/C5H6O3/c6-4-5(7)1-3(5)2-8-4/h3,7H,1-2H2/t3?,5-/m0/s1. The highest BCUT2D eigenvalue weighted by molar-refractivity contribution is 5.85. The molecule has 0 amide bonds. The van der Waals surface area contributed by atoms with Crippen LogP contribution < -0.4 is 0 Å². The normalized spacial score (nSPS) is 50.6. The summed E-state index contributed by atoms with van der Waals surface area (Å²) in [6.45, 7) is 0.426. The minimum absolute atomic E-state index is 0.120. The van der Waals surface area contributed by atoms with Crippen LogP contribution in [-0.2, 0) is 9.53 Å².